The predicted molar refractivity (Wildman–Crippen MR) is 65.2 cm³/mol. The Hall–Kier alpha value is -2.11. The van der Waals surface area contributed by atoms with Crippen molar-refractivity contribution in [1.82, 2.24) is 15.2 Å². The molecule has 0 radical (unpaired) electrons. The Labute approximate surface area is 104 Å². The number of aromatic amines is 1. The number of H-pyrrole nitrogens is 1. The van der Waals surface area contributed by atoms with Crippen molar-refractivity contribution in [3.8, 4) is 0 Å². The lowest BCUT2D eigenvalue weighted by Crippen LogP contribution is -2.56. The van der Waals surface area contributed by atoms with Gasteiger partial charge in [0.25, 0.3) is 5.91 Å². The van der Waals surface area contributed by atoms with Crippen LogP contribution in [0.25, 0.3) is 0 Å². The summed E-state index contributed by atoms with van der Waals surface area (Å²) in [6.45, 7) is 2.77. The van der Waals surface area contributed by atoms with Crippen molar-refractivity contribution in [2.75, 3.05) is 13.1 Å². The zero-order valence-corrected chi connectivity index (χ0v) is 10.1. The number of carbonyl (C=O) groups excluding carboxylic acids is 2. The van der Waals surface area contributed by atoms with Gasteiger partial charge in [-0.05, 0) is 12.5 Å². The highest BCUT2D eigenvalue weighted by molar-refractivity contribution is 5.98. The monoisotopic (exact) mass is 249 g/mol. The number of carbonyl (C=O) groups is 2. The third kappa shape index (κ3) is 2.27. The van der Waals surface area contributed by atoms with Gasteiger partial charge < -0.3 is 15.2 Å². The van der Waals surface area contributed by atoms with Crippen molar-refractivity contribution in [2.45, 2.75) is 19.4 Å². The molecule has 18 heavy (non-hydrogen) atoms. The fourth-order valence-electron chi connectivity index (χ4n) is 2.11. The van der Waals surface area contributed by atoms with Crippen LogP contribution < -0.4 is 10.9 Å². The fourth-order valence-corrected chi connectivity index (χ4v) is 2.11. The van der Waals surface area contributed by atoms with Gasteiger partial charge in [-0.3, -0.25) is 14.4 Å². The molecule has 2 N–H and O–H groups in total. The van der Waals surface area contributed by atoms with Crippen LogP contribution in [-0.4, -0.2) is 40.8 Å². The number of pyridine rings is 1. The van der Waals surface area contributed by atoms with E-state index in [-0.39, 0.29) is 17.4 Å². The van der Waals surface area contributed by atoms with E-state index in [4.69, 9.17) is 0 Å². The maximum atomic E-state index is 12.3. The maximum absolute atomic E-state index is 12.3. The number of hydrogen-bond acceptors (Lipinski definition) is 3. The number of rotatable bonds is 2. The molecule has 2 amide bonds. The standard InChI is InChI=1S/C12H15N3O3/c1-2-9-11(17)14-5-6-15(9)12(18)8-3-4-13-10(16)7-8/h3-4,7,9H,2,5-6H2,1H3,(H,13,16)(H,14,17). The Balaban J connectivity index is 2.27. The normalized spacial score (nSPS) is 19.5. The van der Waals surface area contributed by atoms with Crippen molar-refractivity contribution >= 4 is 11.8 Å². The van der Waals surface area contributed by atoms with Crippen LogP contribution >= 0.6 is 0 Å². The van der Waals surface area contributed by atoms with Gasteiger partial charge in [-0.25, -0.2) is 0 Å². The van der Waals surface area contributed by atoms with E-state index in [1.807, 2.05) is 6.92 Å². The van der Waals surface area contributed by atoms with E-state index in [1.165, 1.54) is 17.2 Å². The molecule has 0 spiro atoms. The summed E-state index contributed by atoms with van der Waals surface area (Å²) >= 11 is 0. The first-order valence-electron chi connectivity index (χ1n) is 5.91. The Morgan fingerprint density at radius 1 is 1.50 bits per heavy atom. The number of piperazine rings is 1. The molecule has 1 aromatic heterocycles. The first-order valence-corrected chi connectivity index (χ1v) is 5.91. The average Bonchev–Trinajstić information content (AvgIpc) is 2.37. The van der Waals surface area contributed by atoms with Crippen LogP contribution in [0.3, 0.4) is 0 Å². The molecule has 0 saturated carbocycles. The van der Waals surface area contributed by atoms with Gasteiger partial charge >= 0.3 is 0 Å². The molecule has 1 saturated heterocycles. The Morgan fingerprint density at radius 3 is 2.94 bits per heavy atom. The van der Waals surface area contributed by atoms with Gasteiger partial charge in [0.2, 0.25) is 11.5 Å². The van der Waals surface area contributed by atoms with Gasteiger partial charge in [0.1, 0.15) is 6.04 Å². The third-order valence-corrected chi connectivity index (χ3v) is 3.00. The Bertz CT molecular complexity index is 523. The molecule has 1 aromatic rings. The van der Waals surface area contributed by atoms with Crippen molar-refractivity contribution in [3.63, 3.8) is 0 Å². The van der Waals surface area contributed by atoms with Crippen molar-refractivity contribution in [3.05, 3.63) is 34.2 Å². The zero-order chi connectivity index (χ0) is 13.1. The first kappa shape index (κ1) is 12.3. The summed E-state index contributed by atoms with van der Waals surface area (Å²) in [5.74, 6) is -0.412. The SMILES string of the molecule is CCC1C(=O)NCCN1C(=O)c1cc[nH]c(=O)c1. The van der Waals surface area contributed by atoms with E-state index in [0.717, 1.165) is 0 Å². The molecule has 0 bridgehead atoms. The van der Waals surface area contributed by atoms with Crippen LogP contribution in [0.2, 0.25) is 0 Å². The van der Waals surface area contributed by atoms with Crippen molar-refractivity contribution in [1.29, 1.82) is 0 Å². The number of aromatic nitrogens is 1. The highest BCUT2D eigenvalue weighted by Crippen LogP contribution is 2.12. The maximum Gasteiger partial charge on any atom is 0.254 e. The molecule has 1 fully saturated rings. The third-order valence-electron chi connectivity index (χ3n) is 3.00. The van der Waals surface area contributed by atoms with Gasteiger partial charge in [0.15, 0.2) is 0 Å². The molecule has 6 nitrogen and oxygen atoms in total. The van der Waals surface area contributed by atoms with E-state index >= 15 is 0 Å². The minimum atomic E-state index is -0.453. The molecule has 6 heteroatoms. The number of nitrogens with one attached hydrogen (secondary N) is 2. The van der Waals surface area contributed by atoms with Crippen LogP contribution in [-0.2, 0) is 4.79 Å². The van der Waals surface area contributed by atoms with E-state index in [2.05, 4.69) is 10.3 Å². The smallest absolute Gasteiger partial charge is 0.254 e. The minimum Gasteiger partial charge on any atom is -0.353 e. The highest BCUT2D eigenvalue weighted by atomic mass is 16.2. The number of hydrogen-bond donors (Lipinski definition) is 2. The lowest BCUT2D eigenvalue weighted by atomic mass is 10.1. The van der Waals surface area contributed by atoms with Gasteiger partial charge in [-0.15, -0.1) is 0 Å². The van der Waals surface area contributed by atoms with Crippen LogP contribution in [0, 0.1) is 0 Å². The summed E-state index contributed by atoms with van der Waals surface area (Å²) in [6.07, 6.45) is 1.99. The lowest BCUT2D eigenvalue weighted by Gasteiger charge is -2.34. The summed E-state index contributed by atoms with van der Waals surface area (Å²) < 4.78 is 0. The lowest BCUT2D eigenvalue weighted by molar-refractivity contribution is -0.127. The predicted octanol–water partition coefficient (Wildman–Crippen LogP) is -0.275. The molecule has 0 aliphatic carbocycles. The molecule has 96 valence electrons. The molecule has 1 aliphatic rings. The average molecular weight is 249 g/mol. The highest BCUT2D eigenvalue weighted by Gasteiger charge is 2.32. The van der Waals surface area contributed by atoms with Crippen LogP contribution in [0.5, 0.6) is 0 Å². The zero-order valence-electron chi connectivity index (χ0n) is 10.1. The van der Waals surface area contributed by atoms with Gasteiger partial charge in [-0.2, -0.15) is 0 Å². The van der Waals surface area contributed by atoms with Crippen LogP contribution in [0.1, 0.15) is 23.7 Å². The van der Waals surface area contributed by atoms with E-state index in [0.29, 0.717) is 25.1 Å². The number of amides is 2. The van der Waals surface area contributed by atoms with Gasteiger partial charge in [0, 0.05) is 30.9 Å². The summed E-state index contributed by atoms with van der Waals surface area (Å²) in [5, 5.41) is 2.73. The van der Waals surface area contributed by atoms with Crippen LogP contribution in [0.15, 0.2) is 23.1 Å². The van der Waals surface area contributed by atoms with Crippen LogP contribution in [0.4, 0.5) is 0 Å². The minimum absolute atomic E-state index is 0.137. The molecule has 2 rings (SSSR count). The molecular formula is C12H15N3O3. The quantitative estimate of drug-likeness (QED) is 0.756. The van der Waals surface area contributed by atoms with Gasteiger partial charge in [0.05, 0.1) is 0 Å². The Kier molecular flexibility index (Phi) is 3.45. The molecule has 2 heterocycles. The second-order valence-electron chi connectivity index (χ2n) is 4.16. The summed E-state index contributed by atoms with van der Waals surface area (Å²) in [5.41, 5.74) is -0.0118. The first-order chi connectivity index (χ1) is 8.63. The van der Waals surface area contributed by atoms with E-state index in [1.54, 1.807) is 6.07 Å². The molecule has 0 aromatic carbocycles. The second-order valence-corrected chi connectivity index (χ2v) is 4.16. The van der Waals surface area contributed by atoms with Gasteiger partial charge in [-0.1, -0.05) is 6.92 Å². The van der Waals surface area contributed by atoms with Crippen molar-refractivity contribution in [2.24, 2.45) is 0 Å². The molecular weight excluding hydrogens is 234 g/mol. The summed E-state index contributed by atoms with van der Waals surface area (Å²) in [7, 11) is 0. The molecule has 1 aliphatic heterocycles. The fraction of sp³-hybridized carbons (Fsp3) is 0.417. The van der Waals surface area contributed by atoms with Crippen molar-refractivity contribution < 1.29 is 9.59 Å². The summed E-state index contributed by atoms with van der Waals surface area (Å²) in [4.78, 5) is 39.1. The largest absolute Gasteiger partial charge is 0.353 e. The van der Waals surface area contributed by atoms with E-state index < -0.39 is 6.04 Å². The number of nitrogens with zero attached hydrogens (tertiary/aromatic N) is 1. The van der Waals surface area contributed by atoms with E-state index in [9.17, 15) is 14.4 Å². The topological polar surface area (TPSA) is 82.3 Å². The summed E-state index contributed by atoms with van der Waals surface area (Å²) in [6, 6.07) is 2.34. The Morgan fingerprint density at radius 2 is 2.28 bits per heavy atom. The second kappa shape index (κ2) is 5.03. The molecule has 1 atom stereocenters. The molecule has 1 unspecified atom stereocenters.